The molecule has 2 unspecified atom stereocenters. The van der Waals surface area contributed by atoms with Gasteiger partial charge in [-0.2, -0.15) is 0 Å². The number of aliphatic hydroxyl groups is 1. The van der Waals surface area contributed by atoms with Crippen molar-refractivity contribution in [2.24, 2.45) is 5.92 Å². The highest BCUT2D eigenvalue weighted by atomic mass is 19.1. The fraction of sp³-hybridized carbons (Fsp3) is 0.562. The van der Waals surface area contributed by atoms with Gasteiger partial charge in [-0.25, -0.2) is 9.18 Å². The minimum atomic E-state index is -0.581. The van der Waals surface area contributed by atoms with Crippen LogP contribution in [-0.4, -0.2) is 36.9 Å². The molecule has 5 nitrogen and oxygen atoms in total. The second-order valence-corrected chi connectivity index (χ2v) is 5.96. The van der Waals surface area contributed by atoms with Gasteiger partial charge < -0.3 is 20.5 Å². The Balaban J connectivity index is 1.87. The van der Waals surface area contributed by atoms with E-state index in [1.54, 1.807) is 12.1 Å². The maximum Gasteiger partial charge on any atom is 0.315 e. The van der Waals surface area contributed by atoms with E-state index in [9.17, 15) is 14.3 Å². The predicted molar refractivity (Wildman–Crippen MR) is 80.9 cm³/mol. The van der Waals surface area contributed by atoms with E-state index in [2.05, 4.69) is 10.6 Å². The Morgan fingerprint density at radius 2 is 2.09 bits per heavy atom. The summed E-state index contributed by atoms with van der Waals surface area (Å²) in [4.78, 5) is 12.0. The van der Waals surface area contributed by atoms with Crippen molar-refractivity contribution < 1.29 is 19.0 Å². The van der Waals surface area contributed by atoms with Crippen LogP contribution in [0, 0.1) is 11.7 Å². The Bertz CT molecular complexity index is 505. The molecule has 2 rings (SSSR count). The number of aliphatic hydroxyl groups excluding tert-OH is 1. The van der Waals surface area contributed by atoms with Gasteiger partial charge in [-0.15, -0.1) is 0 Å². The van der Waals surface area contributed by atoms with Gasteiger partial charge in [0.25, 0.3) is 0 Å². The number of urea groups is 1. The average Bonchev–Trinajstić information content (AvgIpc) is 3.34. The van der Waals surface area contributed by atoms with Crippen LogP contribution in [0.1, 0.15) is 31.4 Å². The summed E-state index contributed by atoms with van der Waals surface area (Å²) >= 11 is 0. The number of hydrogen-bond donors (Lipinski definition) is 3. The van der Waals surface area contributed by atoms with E-state index in [0.717, 1.165) is 18.4 Å². The van der Waals surface area contributed by atoms with Gasteiger partial charge in [-0.3, -0.25) is 0 Å². The van der Waals surface area contributed by atoms with Crippen molar-refractivity contribution in [3.63, 3.8) is 0 Å². The largest absolute Gasteiger partial charge is 0.394 e. The molecule has 122 valence electrons. The van der Waals surface area contributed by atoms with Gasteiger partial charge >= 0.3 is 6.03 Å². The first kappa shape index (κ1) is 16.7. The van der Waals surface area contributed by atoms with Crippen LogP contribution in [-0.2, 0) is 4.74 Å². The first-order valence-corrected chi connectivity index (χ1v) is 7.43. The Kier molecular flexibility index (Phi) is 5.37. The predicted octanol–water partition coefficient (Wildman–Crippen LogP) is 1.97. The molecule has 1 saturated carbocycles. The number of hydrogen-bond acceptors (Lipinski definition) is 3. The van der Waals surface area contributed by atoms with Gasteiger partial charge in [0.05, 0.1) is 18.2 Å². The van der Waals surface area contributed by atoms with Crippen LogP contribution in [0.25, 0.3) is 0 Å². The second kappa shape index (κ2) is 7.07. The number of benzene rings is 1. The van der Waals surface area contributed by atoms with Gasteiger partial charge in [-0.05, 0) is 43.4 Å². The van der Waals surface area contributed by atoms with Crippen molar-refractivity contribution in [3.8, 4) is 0 Å². The lowest BCUT2D eigenvalue weighted by atomic mass is 9.97. The van der Waals surface area contributed by atoms with Crippen LogP contribution in [0.5, 0.6) is 0 Å². The summed E-state index contributed by atoms with van der Waals surface area (Å²) in [5, 5.41) is 15.0. The molecule has 2 atom stereocenters. The number of ether oxygens (including phenoxy) is 1. The first-order valence-electron chi connectivity index (χ1n) is 7.43. The van der Waals surface area contributed by atoms with Crippen molar-refractivity contribution in [2.45, 2.75) is 31.4 Å². The van der Waals surface area contributed by atoms with Crippen molar-refractivity contribution >= 4 is 6.03 Å². The molecule has 0 bridgehead atoms. The van der Waals surface area contributed by atoms with E-state index in [1.165, 1.54) is 19.2 Å². The molecular weight excluding hydrogens is 287 g/mol. The van der Waals surface area contributed by atoms with Crippen LogP contribution in [0.3, 0.4) is 0 Å². The normalized spacial score (nSPS) is 18.4. The van der Waals surface area contributed by atoms with E-state index in [0.29, 0.717) is 5.92 Å². The van der Waals surface area contributed by atoms with Crippen molar-refractivity contribution in [2.75, 3.05) is 20.3 Å². The summed E-state index contributed by atoms with van der Waals surface area (Å²) in [5.41, 5.74) is 0.207. The van der Waals surface area contributed by atoms with Gasteiger partial charge in [-0.1, -0.05) is 12.1 Å². The summed E-state index contributed by atoms with van der Waals surface area (Å²) in [6.45, 7) is 2.02. The zero-order valence-corrected chi connectivity index (χ0v) is 12.9. The highest BCUT2D eigenvalue weighted by Crippen LogP contribution is 2.39. The molecule has 3 N–H and O–H groups in total. The average molecular weight is 310 g/mol. The smallest absolute Gasteiger partial charge is 0.315 e. The van der Waals surface area contributed by atoms with Crippen LogP contribution in [0.4, 0.5) is 9.18 Å². The topological polar surface area (TPSA) is 70.6 Å². The summed E-state index contributed by atoms with van der Waals surface area (Å²) in [6.07, 6.45) is 1.69. The van der Waals surface area contributed by atoms with Crippen LogP contribution >= 0.6 is 0 Å². The van der Waals surface area contributed by atoms with Gasteiger partial charge in [0, 0.05) is 13.7 Å². The highest BCUT2D eigenvalue weighted by Gasteiger charge is 2.42. The fourth-order valence-electron chi connectivity index (χ4n) is 2.49. The minimum Gasteiger partial charge on any atom is -0.394 e. The standard InChI is InChI=1S/C16H23FN2O3/c1-16(10-20,12-5-6-12)19-15(21)18-9-14(22-2)11-3-7-13(17)8-4-11/h3-4,7-8,12,14,20H,5-6,9-10H2,1-2H3,(H2,18,19,21). The lowest BCUT2D eigenvalue weighted by Gasteiger charge is -2.29. The van der Waals surface area contributed by atoms with Gasteiger partial charge in [0.1, 0.15) is 5.82 Å². The third-order valence-electron chi connectivity index (χ3n) is 4.18. The fourth-order valence-corrected chi connectivity index (χ4v) is 2.49. The molecule has 1 aliphatic rings. The number of carbonyl (C=O) groups is 1. The SMILES string of the molecule is COC(CNC(=O)NC(C)(CO)C1CC1)c1ccc(F)cc1. The summed E-state index contributed by atoms with van der Waals surface area (Å²) in [6, 6.07) is 5.64. The Hall–Kier alpha value is -1.66. The lowest BCUT2D eigenvalue weighted by molar-refractivity contribution is 0.102. The number of methoxy groups -OCH3 is 1. The van der Waals surface area contributed by atoms with E-state index < -0.39 is 5.54 Å². The molecule has 0 saturated heterocycles. The number of rotatable bonds is 7. The molecule has 2 amide bonds. The zero-order chi connectivity index (χ0) is 16.2. The van der Waals surface area contributed by atoms with E-state index in [1.807, 2.05) is 6.92 Å². The molecule has 1 aromatic carbocycles. The number of nitrogens with one attached hydrogen (secondary N) is 2. The summed E-state index contributed by atoms with van der Waals surface area (Å²) in [5.74, 6) is 0.0195. The molecule has 22 heavy (non-hydrogen) atoms. The quantitative estimate of drug-likeness (QED) is 0.721. The number of carbonyl (C=O) groups excluding carboxylic acids is 1. The van der Waals surface area contributed by atoms with Gasteiger partial charge in [0.15, 0.2) is 0 Å². The molecule has 0 heterocycles. The molecule has 0 radical (unpaired) electrons. The monoisotopic (exact) mass is 310 g/mol. The van der Waals surface area contributed by atoms with Gasteiger partial charge in [0.2, 0.25) is 0 Å². The first-order chi connectivity index (χ1) is 10.5. The minimum absolute atomic E-state index is 0.0866. The summed E-state index contributed by atoms with van der Waals surface area (Å²) in [7, 11) is 1.54. The molecular formula is C16H23FN2O3. The molecule has 1 fully saturated rings. The molecule has 1 aromatic rings. The van der Waals surface area contributed by atoms with Crippen molar-refractivity contribution in [1.29, 1.82) is 0 Å². The Labute approximate surface area is 129 Å². The molecule has 0 aromatic heterocycles. The van der Waals surface area contributed by atoms with Crippen molar-refractivity contribution in [3.05, 3.63) is 35.6 Å². The van der Waals surface area contributed by atoms with Crippen LogP contribution < -0.4 is 10.6 Å². The molecule has 1 aliphatic carbocycles. The van der Waals surface area contributed by atoms with E-state index >= 15 is 0 Å². The van der Waals surface area contributed by atoms with Crippen molar-refractivity contribution in [1.82, 2.24) is 10.6 Å². The number of halogens is 1. The van der Waals surface area contributed by atoms with E-state index in [-0.39, 0.29) is 31.1 Å². The zero-order valence-electron chi connectivity index (χ0n) is 12.9. The Morgan fingerprint density at radius 3 is 2.59 bits per heavy atom. The summed E-state index contributed by atoms with van der Waals surface area (Å²) < 4.78 is 18.3. The third kappa shape index (κ3) is 4.18. The molecule has 0 spiro atoms. The van der Waals surface area contributed by atoms with E-state index in [4.69, 9.17) is 4.74 Å². The van der Waals surface area contributed by atoms with Crippen LogP contribution in [0.2, 0.25) is 0 Å². The Morgan fingerprint density at radius 1 is 1.45 bits per heavy atom. The van der Waals surface area contributed by atoms with Crippen LogP contribution in [0.15, 0.2) is 24.3 Å². The molecule has 6 heteroatoms. The molecule has 0 aliphatic heterocycles. The maximum atomic E-state index is 12.9. The maximum absolute atomic E-state index is 12.9. The lowest BCUT2D eigenvalue weighted by Crippen LogP contribution is -2.54. The second-order valence-electron chi connectivity index (χ2n) is 5.96. The third-order valence-corrected chi connectivity index (χ3v) is 4.18. The highest BCUT2D eigenvalue weighted by molar-refractivity contribution is 5.75. The number of amides is 2.